The zero-order chi connectivity index (χ0) is 8.97. The lowest BCUT2D eigenvalue weighted by molar-refractivity contribution is -0.132. The van der Waals surface area contributed by atoms with E-state index in [4.69, 9.17) is 11.6 Å². The fraction of sp³-hybridized carbons (Fsp3) is 0.875. The van der Waals surface area contributed by atoms with Gasteiger partial charge in [-0.2, -0.15) is 11.8 Å². The lowest BCUT2D eigenvalue weighted by Crippen LogP contribution is -2.46. The Morgan fingerprint density at radius 1 is 1.75 bits per heavy atom. The standard InChI is InChI=1S/C8H14ClNOS/c1-2-8(11)10-3-4-12-6-7(10)5-9/h7H,2-6H2,1H3. The Kier molecular flexibility index (Phi) is 4.22. The molecule has 1 unspecified atom stereocenters. The molecular weight excluding hydrogens is 194 g/mol. The number of amides is 1. The average molecular weight is 208 g/mol. The number of hydrogen-bond donors (Lipinski definition) is 0. The zero-order valence-corrected chi connectivity index (χ0v) is 8.83. The van der Waals surface area contributed by atoms with Gasteiger partial charge in [0.2, 0.25) is 5.91 Å². The molecule has 1 fully saturated rings. The summed E-state index contributed by atoms with van der Waals surface area (Å²) in [6.07, 6.45) is 0.595. The summed E-state index contributed by atoms with van der Waals surface area (Å²) in [5.41, 5.74) is 0. The van der Waals surface area contributed by atoms with Gasteiger partial charge in [-0.1, -0.05) is 6.92 Å². The minimum atomic E-state index is 0.237. The van der Waals surface area contributed by atoms with Crippen molar-refractivity contribution in [3.8, 4) is 0 Å². The lowest BCUT2D eigenvalue weighted by Gasteiger charge is -2.34. The maximum Gasteiger partial charge on any atom is 0.222 e. The van der Waals surface area contributed by atoms with Crippen molar-refractivity contribution in [1.29, 1.82) is 0 Å². The second-order valence-corrected chi connectivity index (χ2v) is 4.28. The molecule has 1 atom stereocenters. The number of hydrogen-bond acceptors (Lipinski definition) is 2. The molecule has 1 aliphatic rings. The first-order valence-corrected chi connectivity index (χ1v) is 5.91. The van der Waals surface area contributed by atoms with E-state index in [-0.39, 0.29) is 11.9 Å². The summed E-state index contributed by atoms with van der Waals surface area (Å²) in [7, 11) is 0. The van der Waals surface area contributed by atoms with Gasteiger partial charge in [0.25, 0.3) is 0 Å². The molecular formula is C8H14ClNOS. The molecule has 1 heterocycles. The monoisotopic (exact) mass is 207 g/mol. The molecule has 0 bridgehead atoms. The van der Waals surface area contributed by atoms with E-state index in [9.17, 15) is 4.79 Å². The molecule has 0 radical (unpaired) electrons. The van der Waals surface area contributed by atoms with Crippen LogP contribution in [0.25, 0.3) is 0 Å². The van der Waals surface area contributed by atoms with Crippen molar-refractivity contribution >= 4 is 29.3 Å². The fourth-order valence-corrected chi connectivity index (χ4v) is 2.78. The molecule has 2 nitrogen and oxygen atoms in total. The van der Waals surface area contributed by atoms with Crippen molar-refractivity contribution < 1.29 is 4.79 Å². The van der Waals surface area contributed by atoms with Gasteiger partial charge in [-0.05, 0) is 0 Å². The molecule has 0 aromatic heterocycles. The van der Waals surface area contributed by atoms with Crippen LogP contribution in [-0.4, -0.2) is 40.8 Å². The molecule has 1 amide bonds. The molecule has 12 heavy (non-hydrogen) atoms. The van der Waals surface area contributed by atoms with Crippen LogP contribution in [0.4, 0.5) is 0 Å². The molecule has 0 aromatic carbocycles. The highest BCUT2D eigenvalue weighted by Crippen LogP contribution is 2.18. The zero-order valence-electron chi connectivity index (χ0n) is 7.25. The quantitative estimate of drug-likeness (QED) is 0.641. The number of alkyl halides is 1. The van der Waals surface area contributed by atoms with Crippen LogP contribution in [0.15, 0.2) is 0 Å². The highest BCUT2D eigenvalue weighted by atomic mass is 35.5. The molecule has 0 aromatic rings. The van der Waals surface area contributed by atoms with Crippen LogP contribution in [0.2, 0.25) is 0 Å². The Hall–Kier alpha value is 0.110. The third-order valence-corrected chi connectivity index (χ3v) is 3.48. The second kappa shape index (κ2) is 4.97. The minimum Gasteiger partial charge on any atom is -0.337 e. The summed E-state index contributed by atoms with van der Waals surface area (Å²) in [6, 6.07) is 0.262. The molecule has 0 spiro atoms. The van der Waals surface area contributed by atoms with Crippen molar-refractivity contribution in [2.24, 2.45) is 0 Å². The van der Waals surface area contributed by atoms with Gasteiger partial charge < -0.3 is 4.90 Å². The Labute approximate surface area is 82.6 Å². The average Bonchev–Trinajstić information content (AvgIpc) is 2.16. The van der Waals surface area contributed by atoms with Crippen LogP contribution in [0, 0.1) is 0 Å². The highest BCUT2D eigenvalue weighted by molar-refractivity contribution is 7.99. The Morgan fingerprint density at radius 3 is 3.08 bits per heavy atom. The van der Waals surface area contributed by atoms with Gasteiger partial charge in [0, 0.05) is 30.4 Å². The third-order valence-electron chi connectivity index (χ3n) is 2.03. The van der Waals surface area contributed by atoms with Gasteiger partial charge in [-0.15, -0.1) is 11.6 Å². The van der Waals surface area contributed by atoms with Crippen LogP contribution in [0.5, 0.6) is 0 Å². The summed E-state index contributed by atoms with van der Waals surface area (Å²) >= 11 is 7.65. The molecule has 1 aliphatic heterocycles. The third kappa shape index (κ3) is 2.30. The summed E-state index contributed by atoms with van der Waals surface area (Å²) in [5, 5.41) is 0. The summed E-state index contributed by atoms with van der Waals surface area (Å²) in [6.45, 7) is 2.77. The first-order chi connectivity index (χ1) is 5.79. The van der Waals surface area contributed by atoms with E-state index in [0.717, 1.165) is 18.1 Å². The maximum atomic E-state index is 11.4. The Morgan fingerprint density at radius 2 is 2.50 bits per heavy atom. The number of halogens is 1. The Bertz CT molecular complexity index is 165. The molecule has 70 valence electrons. The van der Waals surface area contributed by atoms with Crippen molar-refractivity contribution in [3.63, 3.8) is 0 Å². The number of carbonyl (C=O) groups excluding carboxylic acids is 1. The molecule has 0 N–H and O–H groups in total. The number of nitrogens with zero attached hydrogens (tertiary/aromatic N) is 1. The van der Waals surface area contributed by atoms with E-state index in [1.165, 1.54) is 0 Å². The van der Waals surface area contributed by atoms with Crippen LogP contribution < -0.4 is 0 Å². The van der Waals surface area contributed by atoms with E-state index in [2.05, 4.69) is 0 Å². The molecule has 0 aliphatic carbocycles. The summed E-state index contributed by atoms with van der Waals surface area (Å²) in [4.78, 5) is 13.3. The second-order valence-electron chi connectivity index (χ2n) is 2.82. The number of thioether (sulfide) groups is 1. The maximum absolute atomic E-state index is 11.4. The summed E-state index contributed by atoms with van der Waals surface area (Å²) in [5.74, 6) is 2.86. The van der Waals surface area contributed by atoms with Gasteiger partial charge >= 0.3 is 0 Å². The first kappa shape index (κ1) is 10.2. The smallest absolute Gasteiger partial charge is 0.222 e. The van der Waals surface area contributed by atoms with Crippen molar-refractivity contribution in [2.45, 2.75) is 19.4 Å². The van der Waals surface area contributed by atoms with E-state index in [1.807, 2.05) is 23.6 Å². The van der Waals surface area contributed by atoms with Crippen LogP contribution in [-0.2, 0) is 4.79 Å². The van der Waals surface area contributed by atoms with Crippen LogP contribution >= 0.6 is 23.4 Å². The topological polar surface area (TPSA) is 20.3 Å². The van der Waals surface area contributed by atoms with Crippen molar-refractivity contribution in [3.05, 3.63) is 0 Å². The normalized spacial score (nSPS) is 24.2. The van der Waals surface area contributed by atoms with E-state index >= 15 is 0 Å². The molecule has 4 heteroatoms. The number of rotatable bonds is 2. The Balaban J connectivity index is 2.52. The van der Waals surface area contributed by atoms with Crippen LogP contribution in [0.1, 0.15) is 13.3 Å². The van der Waals surface area contributed by atoms with E-state index in [1.54, 1.807) is 0 Å². The minimum absolute atomic E-state index is 0.237. The lowest BCUT2D eigenvalue weighted by atomic mass is 10.2. The predicted molar refractivity (Wildman–Crippen MR) is 53.8 cm³/mol. The molecule has 1 saturated heterocycles. The van der Waals surface area contributed by atoms with E-state index in [0.29, 0.717) is 12.3 Å². The van der Waals surface area contributed by atoms with Crippen LogP contribution in [0.3, 0.4) is 0 Å². The first-order valence-electron chi connectivity index (χ1n) is 4.22. The van der Waals surface area contributed by atoms with Crippen molar-refractivity contribution in [2.75, 3.05) is 23.9 Å². The van der Waals surface area contributed by atoms with E-state index < -0.39 is 0 Å². The van der Waals surface area contributed by atoms with Gasteiger partial charge in [0.1, 0.15) is 0 Å². The largest absolute Gasteiger partial charge is 0.337 e. The number of carbonyl (C=O) groups is 1. The van der Waals surface area contributed by atoms with Gasteiger partial charge in [-0.3, -0.25) is 4.79 Å². The molecule has 0 saturated carbocycles. The van der Waals surface area contributed by atoms with Gasteiger partial charge in [0.05, 0.1) is 6.04 Å². The fourth-order valence-electron chi connectivity index (χ4n) is 1.31. The highest BCUT2D eigenvalue weighted by Gasteiger charge is 2.24. The summed E-state index contributed by atoms with van der Waals surface area (Å²) < 4.78 is 0. The van der Waals surface area contributed by atoms with Crippen molar-refractivity contribution in [1.82, 2.24) is 4.90 Å². The predicted octanol–water partition coefficient (Wildman–Crippen LogP) is 1.58. The SMILES string of the molecule is CCC(=O)N1CCSCC1CCl. The molecule has 1 rings (SSSR count). The van der Waals surface area contributed by atoms with Gasteiger partial charge in [0.15, 0.2) is 0 Å². The van der Waals surface area contributed by atoms with Gasteiger partial charge in [-0.25, -0.2) is 0 Å².